The predicted octanol–water partition coefficient (Wildman–Crippen LogP) is 3.02. The van der Waals surface area contributed by atoms with Gasteiger partial charge in [-0.25, -0.2) is 0 Å². The molecule has 0 aliphatic rings. The van der Waals surface area contributed by atoms with Crippen LogP contribution in [0, 0.1) is 0 Å². The van der Waals surface area contributed by atoms with Gasteiger partial charge in [0, 0.05) is 5.56 Å². The summed E-state index contributed by atoms with van der Waals surface area (Å²) in [5, 5.41) is 0. The molecule has 78 valence electrons. The highest BCUT2D eigenvalue weighted by molar-refractivity contribution is 5.25. The van der Waals surface area contributed by atoms with Crippen molar-refractivity contribution >= 4 is 0 Å². The van der Waals surface area contributed by atoms with Gasteiger partial charge >= 0.3 is 0 Å². The average Bonchev–Trinajstić information content (AvgIpc) is 2.01. The normalized spacial score (nSPS) is 12.1. The fraction of sp³-hybridized carbons (Fsp3) is 0.538. The molecule has 1 rings (SSSR count). The minimum Gasteiger partial charge on any atom is -0.327 e. The summed E-state index contributed by atoms with van der Waals surface area (Å²) >= 11 is 0. The quantitative estimate of drug-likeness (QED) is 0.646. The van der Waals surface area contributed by atoms with Crippen LogP contribution in [0.5, 0.6) is 0 Å². The second-order valence-corrected chi connectivity index (χ2v) is 5.35. The number of benzene rings is 1. The van der Waals surface area contributed by atoms with E-state index in [4.69, 9.17) is 0 Å². The Balaban J connectivity index is 2.84. The summed E-state index contributed by atoms with van der Waals surface area (Å²) in [6.45, 7) is 5.58. The van der Waals surface area contributed by atoms with E-state index in [1.54, 1.807) is 0 Å². The van der Waals surface area contributed by atoms with Crippen molar-refractivity contribution in [1.82, 2.24) is 0 Å². The summed E-state index contributed by atoms with van der Waals surface area (Å²) in [4.78, 5) is 0. The molecular formula is C13H22N+. The van der Waals surface area contributed by atoms with E-state index >= 15 is 0 Å². The first-order valence-electron chi connectivity index (χ1n) is 5.28. The van der Waals surface area contributed by atoms with E-state index in [-0.39, 0.29) is 0 Å². The highest BCUT2D eigenvalue weighted by Crippen LogP contribution is 2.17. The van der Waals surface area contributed by atoms with Crippen molar-refractivity contribution in [3.8, 4) is 0 Å². The van der Waals surface area contributed by atoms with E-state index in [1.807, 2.05) is 0 Å². The van der Waals surface area contributed by atoms with E-state index in [1.165, 1.54) is 11.1 Å². The van der Waals surface area contributed by atoms with Gasteiger partial charge in [-0.2, -0.15) is 0 Å². The van der Waals surface area contributed by atoms with Crippen LogP contribution in [0.1, 0.15) is 30.9 Å². The average molecular weight is 192 g/mol. The molecule has 0 amide bonds. The molecule has 1 aromatic rings. The molecule has 0 bridgehead atoms. The van der Waals surface area contributed by atoms with Gasteiger partial charge in [-0.1, -0.05) is 32.0 Å². The minimum absolute atomic E-state index is 0.627. The molecule has 0 unspecified atom stereocenters. The number of hydrogen-bond donors (Lipinski definition) is 0. The Morgan fingerprint density at radius 1 is 1.14 bits per heavy atom. The van der Waals surface area contributed by atoms with Crippen molar-refractivity contribution < 1.29 is 4.48 Å². The highest BCUT2D eigenvalue weighted by atomic mass is 15.3. The Hall–Kier alpha value is -0.820. The maximum absolute atomic E-state index is 2.33. The van der Waals surface area contributed by atoms with Gasteiger partial charge in [0.05, 0.1) is 21.1 Å². The molecule has 0 saturated heterocycles. The molecule has 0 saturated carbocycles. The number of rotatable bonds is 3. The maximum Gasteiger partial charge on any atom is 0.104 e. The Kier molecular flexibility index (Phi) is 3.33. The number of hydrogen-bond acceptors (Lipinski definition) is 0. The summed E-state index contributed by atoms with van der Waals surface area (Å²) in [7, 11) is 6.67. The zero-order valence-electron chi connectivity index (χ0n) is 10.0. The van der Waals surface area contributed by atoms with Crippen LogP contribution in [0.25, 0.3) is 0 Å². The molecule has 14 heavy (non-hydrogen) atoms. The fourth-order valence-corrected chi connectivity index (χ4v) is 1.60. The predicted molar refractivity (Wildman–Crippen MR) is 62.3 cm³/mol. The van der Waals surface area contributed by atoms with E-state index in [9.17, 15) is 0 Å². The highest BCUT2D eigenvalue weighted by Gasteiger charge is 2.09. The van der Waals surface area contributed by atoms with Crippen LogP contribution in [0.15, 0.2) is 24.3 Å². The molecular weight excluding hydrogens is 170 g/mol. The third-order valence-electron chi connectivity index (χ3n) is 2.27. The molecule has 0 N–H and O–H groups in total. The van der Waals surface area contributed by atoms with Gasteiger partial charge in [-0.3, -0.25) is 0 Å². The van der Waals surface area contributed by atoms with Crippen LogP contribution in [-0.4, -0.2) is 25.6 Å². The van der Waals surface area contributed by atoms with E-state index < -0.39 is 0 Å². The van der Waals surface area contributed by atoms with Gasteiger partial charge in [-0.15, -0.1) is 0 Å². The topological polar surface area (TPSA) is 0 Å². The van der Waals surface area contributed by atoms with Gasteiger partial charge < -0.3 is 4.48 Å². The molecule has 0 heterocycles. The minimum atomic E-state index is 0.627. The Morgan fingerprint density at radius 3 is 2.29 bits per heavy atom. The van der Waals surface area contributed by atoms with E-state index in [0.717, 1.165) is 11.0 Å². The lowest BCUT2D eigenvalue weighted by Crippen LogP contribution is -2.33. The molecule has 0 atom stereocenters. The lowest BCUT2D eigenvalue weighted by Gasteiger charge is -2.24. The van der Waals surface area contributed by atoms with Crippen molar-refractivity contribution in [3.63, 3.8) is 0 Å². The second kappa shape index (κ2) is 4.14. The molecule has 0 aromatic heterocycles. The van der Waals surface area contributed by atoms with Gasteiger partial charge in [0.1, 0.15) is 6.54 Å². The van der Waals surface area contributed by atoms with E-state index in [0.29, 0.717) is 5.92 Å². The van der Waals surface area contributed by atoms with Gasteiger partial charge in [-0.05, 0) is 17.5 Å². The van der Waals surface area contributed by atoms with Crippen LogP contribution in [-0.2, 0) is 6.54 Å². The summed E-state index contributed by atoms with van der Waals surface area (Å²) in [6.07, 6.45) is 0. The summed E-state index contributed by atoms with van der Waals surface area (Å²) in [6, 6.07) is 8.92. The number of quaternary nitrogens is 1. The van der Waals surface area contributed by atoms with Crippen molar-refractivity contribution in [1.29, 1.82) is 0 Å². The zero-order chi connectivity index (χ0) is 10.8. The SMILES string of the molecule is CC(C)c1cccc(C[N+](C)(C)C)c1. The standard InChI is InChI=1S/C13H22N/c1-11(2)13-8-6-7-12(9-13)10-14(3,4)5/h6-9,11H,10H2,1-5H3/q+1. The summed E-state index contributed by atoms with van der Waals surface area (Å²) in [5.74, 6) is 0.627. The second-order valence-electron chi connectivity index (χ2n) is 5.35. The van der Waals surface area contributed by atoms with Crippen molar-refractivity contribution in [3.05, 3.63) is 35.4 Å². The molecule has 0 aliphatic heterocycles. The van der Waals surface area contributed by atoms with Gasteiger partial charge in [0.2, 0.25) is 0 Å². The molecule has 0 radical (unpaired) electrons. The summed E-state index contributed by atoms with van der Waals surface area (Å²) in [5.41, 5.74) is 2.87. The third-order valence-corrected chi connectivity index (χ3v) is 2.27. The molecule has 1 nitrogen and oxygen atoms in total. The smallest absolute Gasteiger partial charge is 0.104 e. The lowest BCUT2D eigenvalue weighted by molar-refractivity contribution is -0.884. The van der Waals surface area contributed by atoms with Crippen molar-refractivity contribution in [2.24, 2.45) is 0 Å². The van der Waals surface area contributed by atoms with Crippen LogP contribution >= 0.6 is 0 Å². The first kappa shape index (κ1) is 11.3. The summed E-state index contributed by atoms with van der Waals surface area (Å²) < 4.78 is 0.988. The largest absolute Gasteiger partial charge is 0.327 e. The molecule has 1 heteroatoms. The fourth-order valence-electron chi connectivity index (χ4n) is 1.60. The zero-order valence-corrected chi connectivity index (χ0v) is 10.0. The van der Waals surface area contributed by atoms with E-state index in [2.05, 4.69) is 59.3 Å². The van der Waals surface area contributed by atoms with Gasteiger partial charge in [0.15, 0.2) is 0 Å². The Morgan fingerprint density at radius 2 is 1.79 bits per heavy atom. The Labute approximate surface area is 88.0 Å². The molecule has 0 fully saturated rings. The first-order chi connectivity index (χ1) is 6.38. The number of nitrogens with zero attached hydrogens (tertiary/aromatic N) is 1. The molecule has 0 spiro atoms. The van der Waals surface area contributed by atoms with Crippen LogP contribution in [0.4, 0.5) is 0 Å². The lowest BCUT2D eigenvalue weighted by atomic mass is 10.0. The van der Waals surface area contributed by atoms with Crippen molar-refractivity contribution in [2.75, 3.05) is 21.1 Å². The van der Waals surface area contributed by atoms with Crippen LogP contribution in [0.3, 0.4) is 0 Å². The Bertz CT molecular complexity index is 294. The molecule has 0 aliphatic carbocycles. The van der Waals surface area contributed by atoms with Crippen LogP contribution in [0.2, 0.25) is 0 Å². The van der Waals surface area contributed by atoms with Gasteiger partial charge in [0.25, 0.3) is 0 Å². The van der Waals surface area contributed by atoms with Crippen LogP contribution < -0.4 is 0 Å². The molecule has 1 aromatic carbocycles. The first-order valence-corrected chi connectivity index (χ1v) is 5.28. The van der Waals surface area contributed by atoms with Crippen molar-refractivity contribution in [2.45, 2.75) is 26.3 Å². The third kappa shape index (κ3) is 3.51. The monoisotopic (exact) mass is 192 g/mol. The maximum atomic E-state index is 2.33.